The third kappa shape index (κ3) is 1.12. The molecule has 66 valence electrons. The van der Waals surface area contributed by atoms with Gasteiger partial charge >= 0.3 is 0 Å². The molecule has 1 fully saturated rings. The first-order valence-electron chi connectivity index (χ1n) is 4.95. The van der Waals surface area contributed by atoms with Crippen molar-refractivity contribution in [2.45, 2.75) is 39.0 Å². The van der Waals surface area contributed by atoms with Crippen LogP contribution in [0.4, 0.5) is 0 Å². The molecule has 2 rings (SSSR count). The van der Waals surface area contributed by atoms with E-state index in [9.17, 15) is 4.79 Å². The fraction of sp³-hybridized carbons (Fsp3) is 0.727. The van der Waals surface area contributed by atoms with E-state index in [0.29, 0.717) is 11.7 Å². The third-order valence-electron chi connectivity index (χ3n) is 3.62. The molecule has 2 atom stereocenters. The van der Waals surface area contributed by atoms with Crippen molar-refractivity contribution in [2.24, 2.45) is 11.3 Å². The first-order chi connectivity index (χ1) is 5.73. The highest BCUT2D eigenvalue weighted by Gasteiger charge is 2.39. The van der Waals surface area contributed by atoms with Crippen molar-refractivity contribution in [3.8, 4) is 0 Å². The van der Waals surface area contributed by atoms with Crippen LogP contribution in [-0.4, -0.2) is 5.78 Å². The fourth-order valence-corrected chi connectivity index (χ4v) is 2.65. The molecule has 0 bridgehead atoms. The molecule has 1 nitrogen and oxygen atoms in total. The Bertz CT molecular complexity index is 229. The van der Waals surface area contributed by atoms with Crippen molar-refractivity contribution in [1.29, 1.82) is 0 Å². The summed E-state index contributed by atoms with van der Waals surface area (Å²) in [6.07, 6.45) is 9.95. The summed E-state index contributed by atoms with van der Waals surface area (Å²) in [4.78, 5) is 11.2. The van der Waals surface area contributed by atoms with Crippen LogP contribution >= 0.6 is 0 Å². The normalized spacial score (nSPS) is 41.1. The van der Waals surface area contributed by atoms with Crippen LogP contribution in [-0.2, 0) is 4.79 Å². The average molecular weight is 164 g/mol. The maximum absolute atomic E-state index is 11.2. The predicted molar refractivity (Wildman–Crippen MR) is 48.8 cm³/mol. The van der Waals surface area contributed by atoms with Gasteiger partial charge in [0.05, 0.1) is 0 Å². The number of carbonyl (C=O) groups is 1. The number of allylic oxidation sites excluding steroid dienone is 2. The lowest BCUT2D eigenvalue weighted by Gasteiger charge is -2.37. The van der Waals surface area contributed by atoms with Gasteiger partial charge in [0.25, 0.3) is 0 Å². The van der Waals surface area contributed by atoms with Gasteiger partial charge in [0, 0.05) is 6.42 Å². The molecule has 0 amide bonds. The van der Waals surface area contributed by atoms with E-state index in [1.807, 2.05) is 0 Å². The summed E-state index contributed by atoms with van der Waals surface area (Å²) in [6, 6.07) is 0. The largest absolute Gasteiger partial charge is 0.295 e. The minimum atomic E-state index is 0.273. The van der Waals surface area contributed by atoms with Gasteiger partial charge in [-0.05, 0) is 30.3 Å². The molecule has 0 aromatic heterocycles. The maximum atomic E-state index is 11.2. The van der Waals surface area contributed by atoms with Crippen LogP contribution in [0.3, 0.4) is 0 Å². The molecule has 2 unspecified atom stereocenters. The molecule has 2 aliphatic rings. The van der Waals surface area contributed by atoms with E-state index in [1.165, 1.54) is 25.7 Å². The SMILES string of the molecule is CC1CCCCC12C=CC(=O)C2. The van der Waals surface area contributed by atoms with Crippen LogP contribution in [0, 0.1) is 11.3 Å². The number of hydrogen-bond donors (Lipinski definition) is 0. The molecule has 0 radical (unpaired) electrons. The smallest absolute Gasteiger partial charge is 0.156 e. The van der Waals surface area contributed by atoms with Gasteiger partial charge in [0.1, 0.15) is 0 Å². The fourth-order valence-electron chi connectivity index (χ4n) is 2.65. The number of rotatable bonds is 0. The first-order valence-corrected chi connectivity index (χ1v) is 4.95. The second kappa shape index (κ2) is 2.72. The molecule has 0 saturated heterocycles. The van der Waals surface area contributed by atoms with E-state index in [1.54, 1.807) is 6.08 Å². The number of hydrogen-bond acceptors (Lipinski definition) is 1. The van der Waals surface area contributed by atoms with Crippen LogP contribution in [0.5, 0.6) is 0 Å². The van der Waals surface area contributed by atoms with Crippen molar-refractivity contribution in [3.05, 3.63) is 12.2 Å². The molecule has 0 aromatic rings. The van der Waals surface area contributed by atoms with Gasteiger partial charge in [-0.2, -0.15) is 0 Å². The molecule has 0 heterocycles. The zero-order valence-electron chi connectivity index (χ0n) is 7.68. The zero-order chi connectivity index (χ0) is 8.60. The summed E-state index contributed by atoms with van der Waals surface area (Å²) in [5.74, 6) is 1.05. The molecule has 1 heteroatoms. The monoisotopic (exact) mass is 164 g/mol. The number of ketones is 1. The second-order valence-electron chi connectivity index (χ2n) is 4.36. The van der Waals surface area contributed by atoms with Crippen LogP contribution in [0.1, 0.15) is 39.0 Å². The molecular formula is C11H16O. The van der Waals surface area contributed by atoms with E-state index in [2.05, 4.69) is 13.0 Å². The van der Waals surface area contributed by atoms with Crippen LogP contribution < -0.4 is 0 Å². The molecular weight excluding hydrogens is 148 g/mol. The van der Waals surface area contributed by atoms with Crippen LogP contribution in [0.25, 0.3) is 0 Å². The van der Waals surface area contributed by atoms with E-state index in [4.69, 9.17) is 0 Å². The van der Waals surface area contributed by atoms with Crippen molar-refractivity contribution < 1.29 is 4.79 Å². The molecule has 1 spiro atoms. The van der Waals surface area contributed by atoms with Crippen molar-refractivity contribution in [3.63, 3.8) is 0 Å². The van der Waals surface area contributed by atoms with Gasteiger partial charge in [0.15, 0.2) is 5.78 Å². The summed E-state index contributed by atoms with van der Waals surface area (Å²) in [5.41, 5.74) is 0.273. The molecule has 12 heavy (non-hydrogen) atoms. The lowest BCUT2D eigenvalue weighted by molar-refractivity contribution is -0.116. The minimum absolute atomic E-state index is 0.273. The highest BCUT2D eigenvalue weighted by Crippen LogP contribution is 2.47. The second-order valence-corrected chi connectivity index (χ2v) is 4.36. The Balaban J connectivity index is 2.19. The summed E-state index contributed by atoms with van der Waals surface area (Å²) in [6.45, 7) is 2.29. The molecule has 2 aliphatic carbocycles. The van der Waals surface area contributed by atoms with Crippen molar-refractivity contribution in [2.75, 3.05) is 0 Å². The van der Waals surface area contributed by atoms with Crippen LogP contribution in [0.2, 0.25) is 0 Å². The maximum Gasteiger partial charge on any atom is 0.156 e. The van der Waals surface area contributed by atoms with Crippen LogP contribution in [0.15, 0.2) is 12.2 Å². The van der Waals surface area contributed by atoms with Crippen molar-refractivity contribution >= 4 is 5.78 Å². The summed E-state index contributed by atoms with van der Waals surface area (Å²) in [5, 5.41) is 0. The van der Waals surface area contributed by atoms with E-state index >= 15 is 0 Å². The Morgan fingerprint density at radius 1 is 1.50 bits per heavy atom. The standard InChI is InChI=1S/C11H16O/c1-9-4-2-3-6-11(9)7-5-10(12)8-11/h5,7,9H,2-4,6,8H2,1H3. The third-order valence-corrected chi connectivity index (χ3v) is 3.62. The van der Waals surface area contributed by atoms with E-state index in [0.717, 1.165) is 6.42 Å². The molecule has 0 N–H and O–H groups in total. The average Bonchev–Trinajstić information content (AvgIpc) is 2.41. The zero-order valence-corrected chi connectivity index (χ0v) is 7.68. The molecule has 1 saturated carbocycles. The highest BCUT2D eigenvalue weighted by atomic mass is 16.1. The summed E-state index contributed by atoms with van der Waals surface area (Å²) < 4.78 is 0. The summed E-state index contributed by atoms with van der Waals surface area (Å²) in [7, 11) is 0. The quantitative estimate of drug-likeness (QED) is 0.538. The highest BCUT2D eigenvalue weighted by molar-refractivity contribution is 5.93. The van der Waals surface area contributed by atoms with Gasteiger partial charge < -0.3 is 0 Å². The lowest BCUT2D eigenvalue weighted by atomic mass is 9.67. The van der Waals surface area contributed by atoms with Gasteiger partial charge in [-0.25, -0.2) is 0 Å². The Hall–Kier alpha value is -0.590. The van der Waals surface area contributed by atoms with Gasteiger partial charge in [0.2, 0.25) is 0 Å². The van der Waals surface area contributed by atoms with E-state index in [-0.39, 0.29) is 5.41 Å². The van der Waals surface area contributed by atoms with Crippen molar-refractivity contribution in [1.82, 2.24) is 0 Å². The van der Waals surface area contributed by atoms with Gasteiger partial charge in [-0.1, -0.05) is 25.8 Å². The molecule has 0 aromatic carbocycles. The summed E-state index contributed by atoms with van der Waals surface area (Å²) >= 11 is 0. The topological polar surface area (TPSA) is 17.1 Å². The number of carbonyl (C=O) groups excluding carboxylic acids is 1. The Kier molecular flexibility index (Phi) is 1.82. The predicted octanol–water partition coefficient (Wildman–Crippen LogP) is 2.71. The van der Waals surface area contributed by atoms with Gasteiger partial charge in [-0.15, -0.1) is 0 Å². The van der Waals surface area contributed by atoms with Gasteiger partial charge in [-0.3, -0.25) is 4.79 Å². The molecule has 0 aliphatic heterocycles. The minimum Gasteiger partial charge on any atom is -0.295 e. The lowest BCUT2D eigenvalue weighted by Crippen LogP contribution is -2.29. The Labute approximate surface area is 73.8 Å². The Morgan fingerprint density at radius 2 is 2.33 bits per heavy atom. The Morgan fingerprint density at radius 3 is 2.92 bits per heavy atom. The van der Waals surface area contributed by atoms with E-state index < -0.39 is 0 Å². The first kappa shape index (κ1) is 8.03.